The van der Waals surface area contributed by atoms with Crippen molar-refractivity contribution in [1.29, 1.82) is 0 Å². The number of anilines is 1. The number of nitrogens with zero attached hydrogens (tertiary/aromatic N) is 2. The average Bonchev–Trinajstić information content (AvgIpc) is 3.34. The molecule has 0 spiro atoms. The van der Waals surface area contributed by atoms with E-state index in [4.69, 9.17) is 9.47 Å². The molecule has 12 heteroatoms. The summed E-state index contributed by atoms with van der Waals surface area (Å²) in [4.78, 5) is 24.1. The molecule has 0 aliphatic carbocycles. The Labute approximate surface area is 203 Å². The van der Waals surface area contributed by atoms with Gasteiger partial charge >= 0.3 is 0 Å². The van der Waals surface area contributed by atoms with Gasteiger partial charge in [0.1, 0.15) is 18.1 Å². The Morgan fingerprint density at radius 3 is 2.60 bits per heavy atom. The van der Waals surface area contributed by atoms with Gasteiger partial charge in [0.05, 0.1) is 24.3 Å². The van der Waals surface area contributed by atoms with Gasteiger partial charge in [-0.25, -0.2) is 18.2 Å². The highest BCUT2D eigenvalue weighted by molar-refractivity contribution is 7.92. The van der Waals surface area contributed by atoms with Crippen LogP contribution in [0, 0.1) is 5.82 Å². The van der Waals surface area contributed by atoms with Crippen LogP contribution >= 0.6 is 0 Å². The summed E-state index contributed by atoms with van der Waals surface area (Å²) in [6.07, 6.45) is 4.24. The number of hydrogen-bond donors (Lipinski definition) is 2. The number of benzene rings is 2. The van der Waals surface area contributed by atoms with E-state index in [0.717, 1.165) is 31.8 Å². The number of rotatable bonds is 11. The van der Waals surface area contributed by atoms with Crippen LogP contribution in [0.25, 0.3) is 0 Å². The fourth-order valence-corrected chi connectivity index (χ4v) is 4.12. The third-order valence-corrected chi connectivity index (χ3v) is 6.14. The fourth-order valence-electron chi connectivity index (χ4n) is 3.26. The van der Waals surface area contributed by atoms with Crippen LogP contribution in [-0.2, 0) is 24.3 Å². The molecule has 1 aliphatic heterocycles. The first-order chi connectivity index (χ1) is 16.7. The molecule has 10 nitrogen and oxygen atoms in total. The Balaban J connectivity index is 1.46. The first-order valence-corrected chi connectivity index (χ1v) is 12.7. The highest BCUT2D eigenvalue weighted by atomic mass is 32.2. The summed E-state index contributed by atoms with van der Waals surface area (Å²) in [6, 6.07) is 11.9. The smallest absolute Gasteiger partial charge is 0.260 e. The van der Waals surface area contributed by atoms with E-state index in [-0.39, 0.29) is 24.3 Å². The van der Waals surface area contributed by atoms with E-state index in [1.807, 2.05) is 0 Å². The predicted molar refractivity (Wildman–Crippen MR) is 128 cm³/mol. The molecule has 0 aromatic heterocycles. The zero-order chi connectivity index (χ0) is 25.3. The number of carbonyl (C=O) groups excluding carboxylic acids is 2. The number of carbonyl (C=O) groups is 2. The Morgan fingerprint density at radius 2 is 1.94 bits per heavy atom. The van der Waals surface area contributed by atoms with Crippen molar-refractivity contribution in [3.05, 3.63) is 59.9 Å². The number of halogens is 1. The van der Waals surface area contributed by atoms with E-state index in [9.17, 15) is 22.4 Å². The van der Waals surface area contributed by atoms with Gasteiger partial charge in [0.2, 0.25) is 10.0 Å². The zero-order valence-electron chi connectivity index (χ0n) is 19.1. The van der Waals surface area contributed by atoms with Crippen molar-refractivity contribution in [1.82, 2.24) is 10.7 Å². The molecule has 2 amide bonds. The van der Waals surface area contributed by atoms with Crippen LogP contribution in [0.4, 0.5) is 10.1 Å². The Morgan fingerprint density at radius 1 is 1.20 bits per heavy atom. The third kappa shape index (κ3) is 8.34. The maximum atomic E-state index is 14.0. The molecule has 188 valence electrons. The molecule has 2 aromatic rings. The molecule has 1 fully saturated rings. The molecule has 0 radical (unpaired) electrons. The molecule has 35 heavy (non-hydrogen) atoms. The summed E-state index contributed by atoms with van der Waals surface area (Å²) < 4.78 is 49.7. The van der Waals surface area contributed by atoms with Gasteiger partial charge in [-0.05, 0) is 54.8 Å². The van der Waals surface area contributed by atoms with Crippen LogP contribution < -0.4 is 19.8 Å². The summed E-state index contributed by atoms with van der Waals surface area (Å²) in [5.74, 6) is -1.28. The number of amides is 2. The molecule has 0 saturated carbocycles. The minimum absolute atomic E-state index is 0.0620. The van der Waals surface area contributed by atoms with Crippen LogP contribution in [0.2, 0.25) is 0 Å². The van der Waals surface area contributed by atoms with E-state index < -0.39 is 28.3 Å². The summed E-state index contributed by atoms with van der Waals surface area (Å²) in [5, 5.41) is 6.57. The van der Waals surface area contributed by atoms with Gasteiger partial charge in [-0.1, -0.05) is 12.1 Å². The molecular formula is C23H27FN4O6S. The molecule has 0 unspecified atom stereocenters. The minimum Gasteiger partial charge on any atom is -0.484 e. The van der Waals surface area contributed by atoms with E-state index in [2.05, 4.69) is 15.8 Å². The van der Waals surface area contributed by atoms with E-state index in [1.54, 1.807) is 24.3 Å². The van der Waals surface area contributed by atoms with E-state index >= 15 is 0 Å². The van der Waals surface area contributed by atoms with Gasteiger partial charge in [-0.2, -0.15) is 5.10 Å². The van der Waals surface area contributed by atoms with Crippen LogP contribution in [0.3, 0.4) is 0 Å². The molecule has 1 aliphatic rings. The molecule has 1 heterocycles. The second kappa shape index (κ2) is 12.3. The summed E-state index contributed by atoms with van der Waals surface area (Å²) in [5.41, 5.74) is 2.61. The number of hydrazone groups is 1. The van der Waals surface area contributed by atoms with Crippen LogP contribution in [0.1, 0.15) is 18.4 Å². The van der Waals surface area contributed by atoms with Crippen molar-refractivity contribution in [2.45, 2.75) is 18.9 Å². The molecule has 1 saturated heterocycles. The minimum atomic E-state index is -3.91. The van der Waals surface area contributed by atoms with Crippen molar-refractivity contribution in [3.8, 4) is 5.75 Å². The quantitative estimate of drug-likeness (QED) is 0.351. The van der Waals surface area contributed by atoms with Gasteiger partial charge in [-0.15, -0.1) is 0 Å². The summed E-state index contributed by atoms with van der Waals surface area (Å²) in [7, 11) is -3.91. The van der Waals surface area contributed by atoms with E-state index in [0.29, 0.717) is 22.2 Å². The first kappa shape index (κ1) is 26.1. The summed E-state index contributed by atoms with van der Waals surface area (Å²) in [6.45, 7) is 0.419. The Kier molecular flexibility index (Phi) is 9.15. The number of para-hydroxylation sites is 1. The largest absolute Gasteiger partial charge is 0.484 e. The van der Waals surface area contributed by atoms with Gasteiger partial charge in [0.25, 0.3) is 11.8 Å². The maximum Gasteiger partial charge on any atom is 0.260 e. The molecule has 1 atom stereocenters. The highest BCUT2D eigenvalue weighted by Gasteiger charge is 2.23. The maximum absolute atomic E-state index is 14.0. The zero-order valence-corrected chi connectivity index (χ0v) is 20.0. The van der Waals surface area contributed by atoms with Crippen LogP contribution in [-0.4, -0.2) is 65.1 Å². The lowest BCUT2D eigenvalue weighted by Gasteiger charge is -2.21. The topological polar surface area (TPSA) is 126 Å². The van der Waals surface area contributed by atoms with Crippen LogP contribution in [0.15, 0.2) is 53.6 Å². The second-order valence-electron chi connectivity index (χ2n) is 7.81. The van der Waals surface area contributed by atoms with Crippen molar-refractivity contribution >= 4 is 33.7 Å². The van der Waals surface area contributed by atoms with E-state index in [1.165, 1.54) is 24.4 Å². The first-order valence-electron chi connectivity index (χ1n) is 10.9. The average molecular weight is 507 g/mol. The Hall–Kier alpha value is -3.51. The van der Waals surface area contributed by atoms with Crippen LogP contribution in [0.5, 0.6) is 5.75 Å². The lowest BCUT2D eigenvalue weighted by atomic mass is 10.2. The third-order valence-electron chi connectivity index (χ3n) is 5.01. The van der Waals surface area contributed by atoms with Crippen molar-refractivity contribution in [2.75, 3.05) is 36.9 Å². The Bertz CT molecular complexity index is 1150. The van der Waals surface area contributed by atoms with Crippen molar-refractivity contribution in [2.24, 2.45) is 5.10 Å². The molecule has 3 rings (SSSR count). The second-order valence-corrected chi connectivity index (χ2v) is 9.72. The van der Waals surface area contributed by atoms with Crippen molar-refractivity contribution < 1.29 is 31.9 Å². The standard InChI is InChI=1S/C23H27FN4O6S/c1-35(31,32)28(21-7-3-2-6-20(21)24)15-22(29)27-26-13-17-8-10-18(11-9-17)34-16-23(30)25-14-19-5-4-12-33-19/h2-3,6-11,13,19H,4-5,12,14-16H2,1H3,(H,25,30)(H,27,29)/b26-13-/t19-/m0/s1. The highest BCUT2D eigenvalue weighted by Crippen LogP contribution is 2.21. The number of hydrogen-bond acceptors (Lipinski definition) is 7. The van der Waals surface area contributed by atoms with Gasteiger partial charge < -0.3 is 14.8 Å². The lowest BCUT2D eigenvalue weighted by molar-refractivity contribution is -0.123. The molecule has 2 N–H and O–H groups in total. The SMILES string of the molecule is CS(=O)(=O)N(CC(=O)N/N=C\c1ccc(OCC(=O)NC[C@@H]2CCCO2)cc1)c1ccccc1F. The monoisotopic (exact) mass is 506 g/mol. The van der Waals surface area contributed by atoms with Gasteiger partial charge in [0, 0.05) is 13.2 Å². The molecule has 2 aromatic carbocycles. The molecular weight excluding hydrogens is 479 g/mol. The number of ether oxygens (including phenoxy) is 2. The fraction of sp³-hybridized carbons (Fsp3) is 0.348. The predicted octanol–water partition coefficient (Wildman–Crippen LogP) is 1.42. The molecule has 0 bridgehead atoms. The summed E-state index contributed by atoms with van der Waals surface area (Å²) >= 11 is 0. The van der Waals surface area contributed by atoms with Crippen molar-refractivity contribution in [3.63, 3.8) is 0 Å². The number of sulfonamides is 1. The normalized spacial score (nSPS) is 15.7. The lowest BCUT2D eigenvalue weighted by Crippen LogP contribution is -2.39. The van der Waals surface area contributed by atoms with Gasteiger partial charge in [-0.3, -0.25) is 13.9 Å². The van der Waals surface area contributed by atoms with Gasteiger partial charge in [0.15, 0.2) is 6.61 Å². The number of nitrogens with one attached hydrogen (secondary N) is 2.